The highest BCUT2D eigenvalue weighted by molar-refractivity contribution is 5.74. The Kier molecular flexibility index (Phi) is 2.95. The van der Waals surface area contributed by atoms with Gasteiger partial charge in [0.1, 0.15) is 0 Å². The zero-order valence-electron chi connectivity index (χ0n) is 8.35. The van der Waals surface area contributed by atoms with Crippen LogP contribution in [-0.4, -0.2) is 29.0 Å². The Morgan fingerprint density at radius 3 is 2.79 bits per heavy atom. The molecule has 78 valence electrons. The van der Waals surface area contributed by atoms with Gasteiger partial charge in [-0.15, -0.1) is 0 Å². The maximum atomic E-state index is 11.0. The van der Waals surface area contributed by atoms with Crippen molar-refractivity contribution < 1.29 is 14.3 Å². The van der Waals surface area contributed by atoms with Crippen molar-refractivity contribution in [2.24, 2.45) is 7.05 Å². The lowest BCUT2D eigenvalue weighted by Crippen LogP contribution is -2.25. The third-order valence-electron chi connectivity index (χ3n) is 1.79. The third kappa shape index (κ3) is 1.95. The van der Waals surface area contributed by atoms with Crippen molar-refractivity contribution in [3.63, 3.8) is 0 Å². The van der Waals surface area contributed by atoms with Crippen molar-refractivity contribution in [3.8, 4) is 5.75 Å². The molecule has 2 N–H and O–H groups in total. The first-order valence-corrected chi connectivity index (χ1v) is 4.08. The number of carbonyl (C=O) groups is 1. The van der Waals surface area contributed by atoms with Crippen molar-refractivity contribution in [3.05, 3.63) is 6.20 Å². The monoisotopic (exact) mass is 199 g/mol. The fourth-order valence-electron chi connectivity index (χ4n) is 0.922. The van der Waals surface area contributed by atoms with Crippen LogP contribution in [0.1, 0.15) is 6.92 Å². The average Bonchev–Trinajstić information content (AvgIpc) is 2.48. The Hall–Kier alpha value is -1.72. The molecule has 0 aliphatic rings. The van der Waals surface area contributed by atoms with Crippen LogP contribution in [0.15, 0.2) is 6.20 Å². The van der Waals surface area contributed by atoms with Crippen molar-refractivity contribution in [2.45, 2.75) is 13.0 Å². The van der Waals surface area contributed by atoms with E-state index in [4.69, 9.17) is 10.5 Å². The van der Waals surface area contributed by atoms with E-state index in [1.807, 2.05) is 0 Å². The lowest BCUT2D eigenvalue weighted by atomic mass is 10.4. The Morgan fingerprint density at radius 2 is 2.36 bits per heavy atom. The van der Waals surface area contributed by atoms with Gasteiger partial charge in [0.05, 0.1) is 13.3 Å². The summed E-state index contributed by atoms with van der Waals surface area (Å²) in [5.41, 5.74) is 5.62. The number of anilines is 1. The summed E-state index contributed by atoms with van der Waals surface area (Å²) in [6, 6.07) is 0. The van der Waals surface area contributed by atoms with Crippen LogP contribution in [0.2, 0.25) is 0 Å². The number of nitrogens with two attached hydrogens (primary N) is 1. The van der Waals surface area contributed by atoms with Crippen molar-refractivity contribution in [2.75, 3.05) is 12.8 Å². The van der Waals surface area contributed by atoms with Crippen LogP contribution in [-0.2, 0) is 16.6 Å². The van der Waals surface area contributed by atoms with Gasteiger partial charge in [-0.25, -0.2) is 9.48 Å². The standard InChI is InChI=1S/C8H13N3O3/c1-5(8(12)13-3)14-6-4-10-11(2)7(6)9/h4-5H,9H2,1-3H3/t5-/m1/s1. The first-order valence-electron chi connectivity index (χ1n) is 4.08. The Morgan fingerprint density at radius 1 is 1.71 bits per heavy atom. The Balaban J connectivity index is 2.69. The van der Waals surface area contributed by atoms with Gasteiger partial charge in [-0.05, 0) is 6.92 Å². The summed E-state index contributed by atoms with van der Waals surface area (Å²) in [7, 11) is 2.99. The van der Waals surface area contributed by atoms with Crippen molar-refractivity contribution >= 4 is 11.8 Å². The maximum Gasteiger partial charge on any atom is 0.346 e. The lowest BCUT2D eigenvalue weighted by molar-refractivity contribution is -0.147. The van der Waals surface area contributed by atoms with E-state index in [-0.39, 0.29) is 0 Å². The molecule has 0 aliphatic carbocycles. The van der Waals surface area contributed by atoms with Crippen molar-refractivity contribution in [1.82, 2.24) is 9.78 Å². The van der Waals surface area contributed by atoms with E-state index in [1.165, 1.54) is 18.0 Å². The number of methoxy groups -OCH3 is 1. The lowest BCUT2D eigenvalue weighted by Gasteiger charge is -2.10. The molecule has 1 rings (SSSR count). The van der Waals surface area contributed by atoms with Gasteiger partial charge in [0.2, 0.25) is 0 Å². The first-order chi connectivity index (χ1) is 6.56. The molecule has 14 heavy (non-hydrogen) atoms. The summed E-state index contributed by atoms with van der Waals surface area (Å²) in [6.07, 6.45) is 0.765. The van der Waals surface area contributed by atoms with E-state index in [1.54, 1.807) is 14.0 Å². The average molecular weight is 199 g/mol. The molecule has 0 aromatic carbocycles. The normalized spacial score (nSPS) is 12.2. The molecule has 6 heteroatoms. The number of hydrogen-bond donors (Lipinski definition) is 1. The van der Waals surface area contributed by atoms with E-state index < -0.39 is 12.1 Å². The second-order valence-electron chi connectivity index (χ2n) is 2.80. The predicted molar refractivity (Wildman–Crippen MR) is 49.7 cm³/mol. The molecule has 0 spiro atoms. The zero-order chi connectivity index (χ0) is 10.7. The number of rotatable bonds is 3. The Bertz CT molecular complexity index is 335. The molecule has 1 aromatic rings. The molecule has 0 amide bonds. The summed E-state index contributed by atoms with van der Waals surface area (Å²) in [4.78, 5) is 11.0. The van der Waals surface area contributed by atoms with Crippen LogP contribution < -0.4 is 10.5 Å². The number of ether oxygens (including phenoxy) is 2. The highest BCUT2D eigenvalue weighted by Gasteiger charge is 2.17. The van der Waals surface area contributed by atoms with Crippen LogP contribution in [0.5, 0.6) is 5.75 Å². The molecule has 0 radical (unpaired) electrons. The minimum absolute atomic E-state index is 0.376. The van der Waals surface area contributed by atoms with Crippen LogP contribution in [0.3, 0.4) is 0 Å². The number of nitrogens with zero attached hydrogens (tertiary/aromatic N) is 2. The van der Waals surface area contributed by atoms with Crippen molar-refractivity contribution in [1.29, 1.82) is 0 Å². The molecule has 0 fully saturated rings. The smallest absolute Gasteiger partial charge is 0.346 e. The van der Waals surface area contributed by atoms with E-state index in [0.717, 1.165) is 0 Å². The fourth-order valence-corrected chi connectivity index (χ4v) is 0.922. The van der Waals surface area contributed by atoms with Gasteiger partial charge in [-0.1, -0.05) is 0 Å². The number of carbonyl (C=O) groups excluding carboxylic acids is 1. The zero-order valence-corrected chi connectivity index (χ0v) is 8.35. The first kappa shape index (κ1) is 10.4. The molecular weight excluding hydrogens is 186 g/mol. The SMILES string of the molecule is COC(=O)[C@@H](C)Oc1cnn(C)c1N. The van der Waals surface area contributed by atoms with Gasteiger partial charge < -0.3 is 15.2 Å². The summed E-state index contributed by atoms with van der Waals surface area (Å²) in [5, 5.41) is 3.87. The summed E-state index contributed by atoms with van der Waals surface area (Å²) < 4.78 is 11.2. The van der Waals surface area contributed by atoms with Crippen LogP contribution in [0.4, 0.5) is 5.82 Å². The van der Waals surface area contributed by atoms with Gasteiger partial charge in [-0.2, -0.15) is 5.10 Å². The minimum atomic E-state index is -0.688. The molecule has 1 heterocycles. The molecule has 0 saturated heterocycles. The summed E-state index contributed by atoms with van der Waals surface area (Å²) >= 11 is 0. The van der Waals surface area contributed by atoms with Crippen LogP contribution >= 0.6 is 0 Å². The number of aryl methyl sites for hydroxylation is 1. The quantitative estimate of drug-likeness (QED) is 0.690. The van der Waals surface area contributed by atoms with Crippen LogP contribution in [0.25, 0.3) is 0 Å². The van der Waals surface area contributed by atoms with E-state index >= 15 is 0 Å². The Labute approximate surface area is 81.6 Å². The molecule has 0 unspecified atom stereocenters. The largest absolute Gasteiger partial charge is 0.473 e. The third-order valence-corrected chi connectivity index (χ3v) is 1.79. The van der Waals surface area contributed by atoms with Crippen LogP contribution in [0, 0.1) is 0 Å². The summed E-state index contributed by atoms with van der Waals surface area (Å²) in [6.45, 7) is 1.58. The predicted octanol–water partition coefficient (Wildman–Crippen LogP) is -0.0574. The minimum Gasteiger partial charge on any atom is -0.473 e. The van der Waals surface area contributed by atoms with Gasteiger partial charge in [-0.3, -0.25) is 0 Å². The highest BCUT2D eigenvalue weighted by Crippen LogP contribution is 2.20. The molecular formula is C8H13N3O3. The van der Waals surface area contributed by atoms with Gasteiger partial charge in [0.25, 0.3) is 0 Å². The van der Waals surface area contributed by atoms with E-state index in [2.05, 4.69) is 9.84 Å². The molecule has 0 aliphatic heterocycles. The highest BCUT2D eigenvalue weighted by atomic mass is 16.6. The van der Waals surface area contributed by atoms with Gasteiger partial charge in [0, 0.05) is 7.05 Å². The van der Waals surface area contributed by atoms with E-state index in [9.17, 15) is 4.79 Å². The number of hydrogen-bond acceptors (Lipinski definition) is 5. The topological polar surface area (TPSA) is 79.4 Å². The second kappa shape index (κ2) is 3.99. The number of esters is 1. The second-order valence-corrected chi connectivity index (χ2v) is 2.80. The molecule has 1 aromatic heterocycles. The molecule has 0 saturated carbocycles. The number of aromatic nitrogens is 2. The molecule has 6 nitrogen and oxygen atoms in total. The number of nitrogen functional groups attached to an aromatic ring is 1. The van der Waals surface area contributed by atoms with Gasteiger partial charge >= 0.3 is 5.97 Å². The molecule has 0 bridgehead atoms. The fraction of sp³-hybridized carbons (Fsp3) is 0.500. The maximum absolute atomic E-state index is 11.0. The summed E-state index contributed by atoms with van der Waals surface area (Å²) in [5.74, 6) is 0.305. The van der Waals surface area contributed by atoms with Gasteiger partial charge in [0.15, 0.2) is 17.7 Å². The van der Waals surface area contributed by atoms with E-state index in [0.29, 0.717) is 11.6 Å². The molecule has 1 atom stereocenters.